The lowest BCUT2D eigenvalue weighted by atomic mass is 10.3. The molecule has 1 aliphatic rings. The molecule has 0 unspecified atom stereocenters. The molecule has 0 saturated heterocycles. The first-order chi connectivity index (χ1) is 8.81. The van der Waals surface area contributed by atoms with Crippen molar-refractivity contribution in [1.82, 2.24) is 9.97 Å². The minimum atomic E-state index is 0.422. The van der Waals surface area contributed by atoms with Crippen molar-refractivity contribution in [3.05, 3.63) is 11.9 Å². The van der Waals surface area contributed by atoms with Crippen molar-refractivity contribution in [2.24, 2.45) is 5.92 Å². The lowest BCUT2D eigenvalue weighted by molar-refractivity contribution is 0.127. The molecule has 5 heteroatoms. The summed E-state index contributed by atoms with van der Waals surface area (Å²) in [5.74, 6) is 2.93. The average Bonchev–Trinajstić information content (AvgIpc) is 3.20. The molecule has 0 amide bonds. The maximum Gasteiger partial charge on any atom is 0.218 e. The number of ether oxygens (including phenoxy) is 2. The quantitative estimate of drug-likeness (QED) is 0.768. The van der Waals surface area contributed by atoms with Crippen molar-refractivity contribution in [3.8, 4) is 5.88 Å². The Hall–Kier alpha value is -1.36. The summed E-state index contributed by atoms with van der Waals surface area (Å²) in [6, 6.07) is 1.82. The molecule has 1 fully saturated rings. The first-order valence-electron chi connectivity index (χ1n) is 6.58. The van der Waals surface area contributed by atoms with Gasteiger partial charge in [0, 0.05) is 19.7 Å². The Morgan fingerprint density at radius 2 is 2.22 bits per heavy atom. The number of anilines is 1. The summed E-state index contributed by atoms with van der Waals surface area (Å²) in [6.45, 7) is 3.77. The van der Waals surface area contributed by atoms with Crippen LogP contribution in [-0.2, 0) is 11.3 Å². The highest BCUT2D eigenvalue weighted by atomic mass is 16.5. The van der Waals surface area contributed by atoms with Gasteiger partial charge in [-0.05, 0) is 19.3 Å². The number of rotatable bonds is 8. The van der Waals surface area contributed by atoms with Crippen LogP contribution in [0.3, 0.4) is 0 Å². The summed E-state index contributed by atoms with van der Waals surface area (Å²) >= 11 is 0. The molecule has 1 aromatic rings. The number of nitrogens with one attached hydrogen (secondary N) is 1. The van der Waals surface area contributed by atoms with Gasteiger partial charge in [-0.15, -0.1) is 0 Å². The summed E-state index contributed by atoms with van der Waals surface area (Å²) < 4.78 is 11.0. The Morgan fingerprint density at radius 1 is 1.39 bits per heavy atom. The SMILES string of the molecule is CCOCc1nc(NC)cc(OCCC2CC2)n1. The Bertz CT molecular complexity index is 380. The van der Waals surface area contributed by atoms with Crippen molar-refractivity contribution in [2.45, 2.75) is 32.8 Å². The Kier molecular flexibility index (Phi) is 4.75. The fourth-order valence-electron chi connectivity index (χ4n) is 1.67. The van der Waals surface area contributed by atoms with Gasteiger partial charge in [-0.25, -0.2) is 4.98 Å². The molecule has 2 rings (SSSR count). The summed E-state index contributed by atoms with van der Waals surface area (Å²) in [6.07, 6.45) is 3.83. The van der Waals surface area contributed by atoms with Crippen LogP contribution in [0.1, 0.15) is 32.0 Å². The monoisotopic (exact) mass is 251 g/mol. The van der Waals surface area contributed by atoms with Gasteiger partial charge in [-0.1, -0.05) is 12.8 Å². The topological polar surface area (TPSA) is 56.3 Å². The average molecular weight is 251 g/mol. The maximum atomic E-state index is 5.67. The predicted molar refractivity (Wildman–Crippen MR) is 69.7 cm³/mol. The maximum absolute atomic E-state index is 5.67. The van der Waals surface area contributed by atoms with E-state index in [0.29, 0.717) is 24.9 Å². The molecular weight excluding hydrogens is 230 g/mol. The van der Waals surface area contributed by atoms with Gasteiger partial charge >= 0.3 is 0 Å². The molecule has 0 spiro atoms. The van der Waals surface area contributed by atoms with Crippen LogP contribution in [0.4, 0.5) is 5.82 Å². The van der Waals surface area contributed by atoms with Crippen LogP contribution in [0.2, 0.25) is 0 Å². The zero-order valence-corrected chi connectivity index (χ0v) is 11.1. The van der Waals surface area contributed by atoms with E-state index in [0.717, 1.165) is 24.8 Å². The van der Waals surface area contributed by atoms with Crippen LogP contribution >= 0.6 is 0 Å². The molecule has 0 aliphatic heterocycles. The fourth-order valence-corrected chi connectivity index (χ4v) is 1.67. The van der Waals surface area contributed by atoms with Gasteiger partial charge in [-0.2, -0.15) is 4.98 Å². The highest BCUT2D eigenvalue weighted by Crippen LogP contribution is 2.32. The van der Waals surface area contributed by atoms with Crippen LogP contribution in [0.25, 0.3) is 0 Å². The molecule has 18 heavy (non-hydrogen) atoms. The predicted octanol–water partition coefficient (Wildman–Crippen LogP) is 2.23. The molecule has 0 aromatic carbocycles. The second kappa shape index (κ2) is 6.54. The van der Waals surface area contributed by atoms with Gasteiger partial charge in [-0.3, -0.25) is 0 Å². The first kappa shape index (κ1) is 13.1. The van der Waals surface area contributed by atoms with E-state index >= 15 is 0 Å². The standard InChI is InChI=1S/C13H21N3O2/c1-3-17-9-12-15-11(14-2)8-13(16-12)18-7-6-10-4-5-10/h8,10H,3-7,9H2,1-2H3,(H,14,15,16). The van der Waals surface area contributed by atoms with E-state index < -0.39 is 0 Å². The van der Waals surface area contributed by atoms with E-state index in [4.69, 9.17) is 9.47 Å². The lowest BCUT2D eigenvalue weighted by Gasteiger charge is -2.09. The smallest absolute Gasteiger partial charge is 0.218 e. The molecule has 100 valence electrons. The Balaban J connectivity index is 1.92. The second-order valence-corrected chi connectivity index (χ2v) is 4.48. The molecule has 1 saturated carbocycles. The third-order valence-electron chi connectivity index (χ3n) is 2.91. The minimum absolute atomic E-state index is 0.422. The van der Waals surface area contributed by atoms with Gasteiger partial charge in [0.25, 0.3) is 0 Å². The van der Waals surface area contributed by atoms with Crippen LogP contribution in [0.5, 0.6) is 5.88 Å². The van der Waals surface area contributed by atoms with Crippen molar-refractivity contribution in [3.63, 3.8) is 0 Å². The zero-order chi connectivity index (χ0) is 12.8. The van der Waals surface area contributed by atoms with E-state index in [1.165, 1.54) is 12.8 Å². The minimum Gasteiger partial charge on any atom is -0.478 e. The zero-order valence-electron chi connectivity index (χ0n) is 11.1. The second-order valence-electron chi connectivity index (χ2n) is 4.48. The molecule has 0 atom stereocenters. The number of aromatic nitrogens is 2. The summed E-state index contributed by atoms with van der Waals surface area (Å²) in [5.41, 5.74) is 0. The lowest BCUT2D eigenvalue weighted by Crippen LogP contribution is -2.06. The number of nitrogens with zero attached hydrogens (tertiary/aromatic N) is 2. The van der Waals surface area contributed by atoms with E-state index in [1.54, 1.807) is 0 Å². The largest absolute Gasteiger partial charge is 0.478 e. The van der Waals surface area contributed by atoms with Gasteiger partial charge in [0.05, 0.1) is 6.61 Å². The van der Waals surface area contributed by atoms with Gasteiger partial charge < -0.3 is 14.8 Å². The highest BCUT2D eigenvalue weighted by Gasteiger charge is 2.20. The fraction of sp³-hybridized carbons (Fsp3) is 0.692. The molecule has 0 radical (unpaired) electrons. The van der Waals surface area contributed by atoms with E-state index in [2.05, 4.69) is 15.3 Å². The van der Waals surface area contributed by atoms with Gasteiger partial charge in [0.2, 0.25) is 5.88 Å². The van der Waals surface area contributed by atoms with Crippen LogP contribution in [0.15, 0.2) is 6.07 Å². The van der Waals surface area contributed by atoms with E-state index in [1.807, 2.05) is 20.0 Å². The van der Waals surface area contributed by atoms with Crippen molar-refractivity contribution < 1.29 is 9.47 Å². The van der Waals surface area contributed by atoms with Crippen LogP contribution in [-0.4, -0.2) is 30.2 Å². The molecule has 1 N–H and O–H groups in total. The third kappa shape index (κ3) is 4.14. The van der Waals surface area contributed by atoms with E-state index in [-0.39, 0.29) is 0 Å². The molecule has 1 heterocycles. The highest BCUT2D eigenvalue weighted by molar-refractivity contribution is 5.37. The first-order valence-corrected chi connectivity index (χ1v) is 6.58. The molecular formula is C13H21N3O2. The number of hydrogen-bond donors (Lipinski definition) is 1. The number of hydrogen-bond acceptors (Lipinski definition) is 5. The molecule has 0 bridgehead atoms. The van der Waals surface area contributed by atoms with Crippen molar-refractivity contribution >= 4 is 5.82 Å². The Labute approximate surface area is 108 Å². The van der Waals surface area contributed by atoms with Crippen LogP contribution in [0, 0.1) is 5.92 Å². The van der Waals surface area contributed by atoms with Gasteiger partial charge in [0.1, 0.15) is 12.4 Å². The van der Waals surface area contributed by atoms with E-state index in [9.17, 15) is 0 Å². The van der Waals surface area contributed by atoms with Gasteiger partial charge in [0.15, 0.2) is 5.82 Å². The summed E-state index contributed by atoms with van der Waals surface area (Å²) in [7, 11) is 1.83. The Morgan fingerprint density at radius 3 is 2.89 bits per heavy atom. The normalized spacial score (nSPS) is 14.6. The van der Waals surface area contributed by atoms with Crippen LogP contribution < -0.4 is 10.1 Å². The van der Waals surface area contributed by atoms with Crippen molar-refractivity contribution in [1.29, 1.82) is 0 Å². The third-order valence-corrected chi connectivity index (χ3v) is 2.91. The summed E-state index contributed by atoms with van der Waals surface area (Å²) in [5, 5.41) is 3.01. The summed E-state index contributed by atoms with van der Waals surface area (Å²) in [4.78, 5) is 8.66. The molecule has 1 aliphatic carbocycles. The molecule has 5 nitrogen and oxygen atoms in total. The molecule has 1 aromatic heterocycles. The van der Waals surface area contributed by atoms with Crippen molar-refractivity contribution in [2.75, 3.05) is 25.6 Å².